The van der Waals surface area contributed by atoms with E-state index in [0.717, 1.165) is 32.7 Å². The third-order valence-corrected chi connectivity index (χ3v) is 4.83. The molecule has 0 atom stereocenters. The minimum atomic E-state index is -0.642. The minimum Gasteiger partial charge on any atom is -0.340 e. The van der Waals surface area contributed by atoms with E-state index in [4.69, 9.17) is 0 Å². The second-order valence-corrected chi connectivity index (χ2v) is 7.56. The third-order valence-electron chi connectivity index (χ3n) is 4.83. The molecule has 6 heteroatoms. The molecule has 0 radical (unpaired) electrons. The average Bonchev–Trinajstić information content (AvgIpc) is 2.52. The van der Waals surface area contributed by atoms with Gasteiger partial charge < -0.3 is 4.90 Å². The molecule has 2 fully saturated rings. The average molecular weight is 335 g/mol. The quantitative estimate of drug-likeness (QED) is 0.559. The lowest BCUT2D eigenvalue weighted by atomic mass is 9.72. The number of ketones is 2. The van der Waals surface area contributed by atoms with Crippen LogP contribution in [0.2, 0.25) is 0 Å². The highest BCUT2D eigenvalue weighted by molar-refractivity contribution is 6.16. The zero-order valence-corrected chi connectivity index (χ0v) is 15.1. The Kier molecular flexibility index (Phi) is 6.27. The van der Waals surface area contributed by atoms with Gasteiger partial charge in [-0.15, -0.1) is 0 Å². The summed E-state index contributed by atoms with van der Waals surface area (Å²) >= 11 is 0. The monoisotopic (exact) mass is 335 g/mol. The lowest BCUT2D eigenvalue weighted by Gasteiger charge is -2.34. The van der Waals surface area contributed by atoms with Crippen molar-refractivity contribution in [1.29, 1.82) is 0 Å². The van der Waals surface area contributed by atoms with Crippen molar-refractivity contribution < 1.29 is 14.4 Å². The summed E-state index contributed by atoms with van der Waals surface area (Å²) < 4.78 is 0. The molecule has 1 heterocycles. The Morgan fingerprint density at radius 1 is 1.17 bits per heavy atom. The normalized spacial score (nSPS) is 23.2. The number of aliphatic imine (C=N–C) groups is 1. The Morgan fingerprint density at radius 3 is 2.29 bits per heavy atom. The van der Waals surface area contributed by atoms with Crippen LogP contribution in [0.25, 0.3) is 0 Å². The molecule has 134 valence electrons. The van der Waals surface area contributed by atoms with E-state index < -0.39 is 5.92 Å². The van der Waals surface area contributed by atoms with E-state index in [2.05, 4.69) is 9.89 Å². The second-order valence-electron chi connectivity index (χ2n) is 7.56. The predicted molar refractivity (Wildman–Crippen MR) is 93.2 cm³/mol. The van der Waals surface area contributed by atoms with Crippen molar-refractivity contribution in [2.24, 2.45) is 16.3 Å². The number of nitrogens with zero attached hydrogens (tertiary/aromatic N) is 3. The molecule has 0 aromatic carbocycles. The number of rotatable bonds is 5. The van der Waals surface area contributed by atoms with Crippen LogP contribution in [0.5, 0.6) is 0 Å². The predicted octanol–water partition coefficient (Wildman–Crippen LogP) is 1.19. The first-order valence-electron chi connectivity index (χ1n) is 8.88. The SMILES string of the molecule is CCC(=O)N1CCN(CCN=CC2C(=O)CC(C)(C)CC2=O)CC1. The molecule has 24 heavy (non-hydrogen) atoms. The molecular formula is C18H29N3O3. The summed E-state index contributed by atoms with van der Waals surface area (Å²) in [5.41, 5.74) is -0.214. The molecule has 0 N–H and O–H groups in total. The van der Waals surface area contributed by atoms with E-state index >= 15 is 0 Å². The van der Waals surface area contributed by atoms with Crippen LogP contribution in [0.1, 0.15) is 40.0 Å². The van der Waals surface area contributed by atoms with E-state index in [9.17, 15) is 14.4 Å². The highest BCUT2D eigenvalue weighted by atomic mass is 16.2. The zero-order valence-electron chi connectivity index (χ0n) is 15.1. The maximum atomic E-state index is 12.1. The van der Waals surface area contributed by atoms with Gasteiger partial charge in [0, 0.05) is 58.2 Å². The maximum absolute atomic E-state index is 12.1. The van der Waals surface area contributed by atoms with E-state index in [1.807, 2.05) is 25.7 Å². The Balaban J connectivity index is 1.73. The first-order valence-corrected chi connectivity index (χ1v) is 8.88. The Bertz CT molecular complexity index is 500. The van der Waals surface area contributed by atoms with Crippen LogP contribution in [0.15, 0.2) is 4.99 Å². The number of piperazine rings is 1. The minimum absolute atomic E-state index is 0.00769. The maximum Gasteiger partial charge on any atom is 0.222 e. The molecule has 1 aliphatic carbocycles. The number of carbonyl (C=O) groups excluding carboxylic acids is 3. The van der Waals surface area contributed by atoms with Crippen LogP contribution in [0, 0.1) is 11.3 Å². The van der Waals surface area contributed by atoms with Crippen LogP contribution >= 0.6 is 0 Å². The van der Waals surface area contributed by atoms with Gasteiger partial charge in [0.05, 0.1) is 6.54 Å². The molecule has 1 saturated heterocycles. The van der Waals surface area contributed by atoms with E-state index in [1.165, 1.54) is 0 Å². The molecule has 0 bridgehead atoms. The molecule has 1 aliphatic heterocycles. The zero-order chi connectivity index (χ0) is 17.7. The van der Waals surface area contributed by atoms with Gasteiger partial charge in [0.1, 0.15) is 17.5 Å². The molecule has 2 aliphatic rings. The van der Waals surface area contributed by atoms with Crippen molar-refractivity contribution >= 4 is 23.7 Å². The van der Waals surface area contributed by atoms with Crippen molar-refractivity contribution in [1.82, 2.24) is 9.80 Å². The van der Waals surface area contributed by atoms with Gasteiger partial charge >= 0.3 is 0 Å². The Labute approximate surface area is 144 Å². The van der Waals surface area contributed by atoms with E-state index in [1.54, 1.807) is 6.21 Å². The van der Waals surface area contributed by atoms with Crippen LogP contribution < -0.4 is 0 Å². The molecule has 0 aromatic rings. The number of carbonyl (C=O) groups is 3. The molecule has 0 spiro atoms. The van der Waals surface area contributed by atoms with Crippen molar-refractivity contribution in [3.63, 3.8) is 0 Å². The lowest BCUT2D eigenvalue weighted by molar-refractivity contribution is -0.136. The van der Waals surface area contributed by atoms with Gasteiger partial charge in [0.2, 0.25) is 5.91 Å². The summed E-state index contributed by atoms with van der Waals surface area (Å²) in [5, 5.41) is 0. The summed E-state index contributed by atoms with van der Waals surface area (Å²) in [4.78, 5) is 44.3. The van der Waals surface area contributed by atoms with Crippen molar-refractivity contribution in [3.05, 3.63) is 0 Å². The fourth-order valence-corrected chi connectivity index (χ4v) is 3.40. The molecule has 1 amide bonds. The first-order chi connectivity index (χ1) is 11.3. The van der Waals surface area contributed by atoms with Gasteiger partial charge in [0.25, 0.3) is 0 Å². The molecular weight excluding hydrogens is 306 g/mol. The van der Waals surface area contributed by atoms with Crippen molar-refractivity contribution in [2.45, 2.75) is 40.0 Å². The van der Waals surface area contributed by atoms with Gasteiger partial charge in [-0.05, 0) is 5.41 Å². The van der Waals surface area contributed by atoms with Crippen LogP contribution in [-0.2, 0) is 14.4 Å². The number of hydrogen-bond donors (Lipinski definition) is 0. The summed E-state index contributed by atoms with van der Waals surface area (Å²) in [7, 11) is 0. The molecule has 0 aromatic heterocycles. The number of amides is 1. The first kappa shape index (κ1) is 18.8. The van der Waals surface area contributed by atoms with Gasteiger partial charge in [-0.25, -0.2) is 0 Å². The summed E-state index contributed by atoms with van der Waals surface area (Å²) in [6, 6.07) is 0. The largest absolute Gasteiger partial charge is 0.340 e. The standard InChI is InChI=1S/C18H29N3O3/c1-4-17(24)21-9-7-20(8-10-21)6-5-19-13-14-15(22)11-18(2,3)12-16(14)23/h13-14H,4-12H2,1-3H3. The Morgan fingerprint density at radius 2 is 1.75 bits per heavy atom. The van der Waals surface area contributed by atoms with Crippen LogP contribution in [0.3, 0.4) is 0 Å². The highest BCUT2D eigenvalue weighted by Gasteiger charge is 2.38. The smallest absolute Gasteiger partial charge is 0.222 e. The van der Waals surface area contributed by atoms with Gasteiger partial charge in [-0.3, -0.25) is 24.3 Å². The molecule has 0 unspecified atom stereocenters. The van der Waals surface area contributed by atoms with E-state index in [0.29, 0.717) is 25.8 Å². The number of hydrogen-bond acceptors (Lipinski definition) is 5. The molecule has 2 rings (SSSR count). The van der Waals surface area contributed by atoms with Crippen molar-refractivity contribution in [2.75, 3.05) is 39.3 Å². The lowest BCUT2D eigenvalue weighted by Crippen LogP contribution is -2.49. The van der Waals surface area contributed by atoms with Crippen LogP contribution in [-0.4, -0.2) is 72.8 Å². The summed E-state index contributed by atoms with van der Waals surface area (Å²) in [6.45, 7) is 10.4. The highest BCUT2D eigenvalue weighted by Crippen LogP contribution is 2.33. The fourth-order valence-electron chi connectivity index (χ4n) is 3.40. The third kappa shape index (κ3) is 4.97. The molecule has 6 nitrogen and oxygen atoms in total. The topological polar surface area (TPSA) is 70.1 Å². The summed E-state index contributed by atoms with van der Waals surface area (Å²) in [5.74, 6) is -0.444. The van der Waals surface area contributed by atoms with E-state index in [-0.39, 0.29) is 22.9 Å². The number of Topliss-reactive ketones (excluding diaryl/α,β-unsaturated/α-hetero) is 2. The van der Waals surface area contributed by atoms with Crippen molar-refractivity contribution in [3.8, 4) is 0 Å². The fraction of sp³-hybridized carbons (Fsp3) is 0.778. The van der Waals surface area contributed by atoms with Crippen LogP contribution in [0.4, 0.5) is 0 Å². The second kappa shape index (κ2) is 8.01. The van der Waals surface area contributed by atoms with Gasteiger partial charge in [-0.1, -0.05) is 20.8 Å². The molecule has 1 saturated carbocycles. The van der Waals surface area contributed by atoms with Gasteiger partial charge in [-0.2, -0.15) is 0 Å². The summed E-state index contributed by atoms with van der Waals surface area (Å²) in [6.07, 6.45) is 3.01. The van der Waals surface area contributed by atoms with Gasteiger partial charge in [0.15, 0.2) is 0 Å². The Hall–Kier alpha value is -1.56.